The summed E-state index contributed by atoms with van der Waals surface area (Å²) in [7, 11) is 0. The van der Waals surface area contributed by atoms with Crippen LogP contribution in [0.1, 0.15) is 40.0 Å². The SMILES string of the molecule is Nc1nc2cc(F)c(C(=O)N(Cc3ccc(OC(F)C(F)F)nn3)CC3CC3)cc2c2c1COC2. The lowest BCUT2D eigenvalue weighted by Crippen LogP contribution is -2.33. The number of nitrogens with zero attached hydrogens (tertiary/aromatic N) is 4. The molecule has 1 fully saturated rings. The highest BCUT2D eigenvalue weighted by Crippen LogP contribution is 2.34. The highest BCUT2D eigenvalue weighted by atomic mass is 19.3. The zero-order valence-corrected chi connectivity index (χ0v) is 18.4. The van der Waals surface area contributed by atoms with Gasteiger partial charge >= 0.3 is 6.43 Å². The average Bonchev–Trinajstić information content (AvgIpc) is 3.50. The number of fused-ring (bicyclic) bond motifs is 3. The van der Waals surface area contributed by atoms with Crippen LogP contribution in [-0.4, -0.2) is 45.3 Å². The largest absolute Gasteiger partial charge is 0.436 e. The van der Waals surface area contributed by atoms with E-state index < -0.39 is 30.4 Å². The third kappa shape index (κ3) is 4.83. The average molecular weight is 491 g/mol. The molecule has 2 aromatic heterocycles. The molecule has 12 heteroatoms. The van der Waals surface area contributed by atoms with E-state index in [-0.39, 0.29) is 23.8 Å². The lowest BCUT2D eigenvalue weighted by atomic mass is 10.0. The quantitative estimate of drug-likeness (QED) is 0.479. The number of alkyl halides is 3. The van der Waals surface area contributed by atoms with Crippen LogP contribution in [0, 0.1) is 11.7 Å². The van der Waals surface area contributed by atoms with Crippen molar-refractivity contribution in [2.75, 3.05) is 12.3 Å². The summed E-state index contributed by atoms with van der Waals surface area (Å²) in [5.74, 6) is -1.12. The number of pyridine rings is 1. The van der Waals surface area contributed by atoms with Gasteiger partial charge in [0.1, 0.15) is 11.6 Å². The Morgan fingerprint density at radius 2 is 1.94 bits per heavy atom. The van der Waals surface area contributed by atoms with Crippen molar-refractivity contribution in [1.29, 1.82) is 0 Å². The van der Waals surface area contributed by atoms with E-state index in [1.165, 1.54) is 29.2 Å². The minimum absolute atomic E-state index is 0.00476. The van der Waals surface area contributed by atoms with Crippen molar-refractivity contribution in [1.82, 2.24) is 20.1 Å². The summed E-state index contributed by atoms with van der Waals surface area (Å²) in [4.78, 5) is 19.1. The van der Waals surface area contributed by atoms with Gasteiger partial charge in [0.05, 0.1) is 36.5 Å². The fraction of sp³-hybridized carbons (Fsp3) is 0.391. The van der Waals surface area contributed by atoms with Crippen LogP contribution >= 0.6 is 0 Å². The number of hydrogen-bond donors (Lipinski definition) is 1. The Morgan fingerprint density at radius 3 is 2.63 bits per heavy atom. The fourth-order valence-electron chi connectivity index (χ4n) is 4.02. The summed E-state index contributed by atoms with van der Waals surface area (Å²) in [5, 5.41) is 8.05. The van der Waals surface area contributed by atoms with Crippen molar-refractivity contribution in [3.05, 3.63) is 52.5 Å². The number of carbonyl (C=O) groups excluding carboxylic acids is 1. The molecule has 184 valence electrons. The maximum atomic E-state index is 15.0. The second kappa shape index (κ2) is 9.25. The summed E-state index contributed by atoms with van der Waals surface area (Å²) < 4.78 is 62.6. The fourth-order valence-corrected chi connectivity index (χ4v) is 4.02. The first-order valence-corrected chi connectivity index (χ1v) is 11.0. The van der Waals surface area contributed by atoms with Gasteiger partial charge in [0, 0.05) is 29.6 Å². The molecule has 1 amide bonds. The number of carbonyl (C=O) groups is 1. The number of halogens is 4. The Hall–Kier alpha value is -3.54. The third-order valence-electron chi connectivity index (χ3n) is 5.99. The predicted octanol–water partition coefficient (Wildman–Crippen LogP) is 3.77. The lowest BCUT2D eigenvalue weighted by molar-refractivity contribution is -0.0694. The van der Waals surface area contributed by atoms with E-state index >= 15 is 4.39 Å². The number of nitrogen functional groups attached to an aromatic ring is 1. The first-order chi connectivity index (χ1) is 16.8. The van der Waals surface area contributed by atoms with E-state index in [9.17, 15) is 18.0 Å². The summed E-state index contributed by atoms with van der Waals surface area (Å²) in [6.45, 7) is 0.973. The van der Waals surface area contributed by atoms with E-state index in [2.05, 4.69) is 19.9 Å². The molecule has 5 rings (SSSR count). The molecule has 0 spiro atoms. The molecule has 1 atom stereocenters. The maximum Gasteiger partial charge on any atom is 0.304 e. The number of hydrogen-bond acceptors (Lipinski definition) is 7. The molecule has 1 saturated carbocycles. The molecule has 2 aliphatic rings. The smallest absolute Gasteiger partial charge is 0.304 e. The summed E-state index contributed by atoms with van der Waals surface area (Å²) in [6, 6.07) is 5.24. The zero-order valence-electron chi connectivity index (χ0n) is 18.4. The van der Waals surface area contributed by atoms with Crippen LogP contribution in [0.5, 0.6) is 5.88 Å². The van der Waals surface area contributed by atoms with Crippen LogP contribution in [-0.2, 0) is 24.5 Å². The second-order valence-electron chi connectivity index (χ2n) is 8.59. The van der Waals surface area contributed by atoms with E-state index in [4.69, 9.17) is 10.5 Å². The van der Waals surface area contributed by atoms with Gasteiger partial charge in [0.15, 0.2) is 0 Å². The van der Waals surface area contributed by atoms with Gasteiger partial charge in [-0.25, -0.2) is 18.2 Å². The highest BCUT2D eigenvalue weighted by Gasteiger charge is 2.30. The normalized spacial score (nSPS) is 15.9. The minimum Gasteiger partial charge on any atom is -0.436 e. The molecule has 0 bridgehead atoms. The van der Waals surface area contributed by atoms with Gasteiger partial charge < -0.3 is 20.1 Å². The number of rotatable bonds is 8. The predicted molar refractivity (Wildman–Crippen MR) is 116 cm³/mol. The molecule has 1 aromatic carbocycles. The topological polar surface area (TPSA) is 103 Å². The first kappa shape index (κ1) is 23.2. The van der Waals surface area contributed by atoms with Crippen molar-refractivity contribution in [3.63, 3.8) is 0 Å². The maximum absolute atomic E-state index is 15.0. The van der Waals surface area contributed by atoms with E-state index in [1.54, 1.807) is 0 Å². The third-order valence-corrected chi connectivity index (χ3v) is 5.99. The lowest BCUT2D eigenvalue weighted by Gasteiger charge is -2.23. The van der Waals surface area contributed by atoms with Gasteiger partial charge in [-0.1, -0.05) is 0 Å². The molecule has 3 heterocycles. The molecule has 1 aliphatic heterocycles. The number of nitrogens with two attached hydrogens (primary N) is 1. The Kier molecular flexibility index (Phi) is 6.13. The number of benzene rings is 1. The summed E-state index contributed by atoms with van der Waals surface area (Å²) in [5.41, 5.74) is 8.01. The Morgan fingerprint density at radius 1 is 1.17 bits per heavy atom. The van der Waals surface area contributed by atoms with Crippen molar-refractivity contribution >= 4 is 22.6 Å². The van der Waals surface area contributed by atoms with Gasteiger partial charge in [0.25, 0.3) is 12.3 Å². The molecule has 35 heavy (non-hydrogen) atoms. The Balaban J connectivity index is 1.41. The molecule has 8 nitrogen and oxygen atoms in total. The minimum atomic E-state index is -3.32. The van der Waals surface area contributed by atoms with Crippen molar-refractivity contribution in [3.8, 4) is 5.88 Å². The van der Waals surface area contributed by atoms with Crippen LogP contribution in [0.2, 0.25) is 0 Å². The van der Waals surface area contributed by atoms with Crippen LogP contribution in [0.3, 0.4) is 0 Å². The number of anilines is 1. The van der Waals surface area contributed by atoms with Gasteiger partial charge in [-0.2, -0.15) is 9.49 Å². The molecule has 0 radical (unpaired) electrons. The Labute approximate surface area is 197 Å². The summed E-state index contributed by atoms with van der Waals surface area (Å²) >= 11 is 0. The monoisotopic (exact) mass is 491 g/mol. The zero-order chi connectivity index (χ0) is 24.7. The Bertz CT molecular complexity index is 1270. The van der Waals surface area contributed by atoms with E-state index in [0.717, 1.165) is 24.0 Å². The van der Waals surface area contributed by atoms with Gasteiger partial charge in [0.2, 0.25) is 5.88 Å². The molecular weight excluding hydrogens is 470 g/mol. The molecule has 3 aromatic rings. The van der Waals surface area contributed by atoms with E-state index in [0.29, 0.717) is 36.4 Å². The van der Waals surface area contributed by atoms with E-state index in [1.807, 2.05) is 0 Å². The number of amides is 1. The number of aromatic nitrogens is 3. The van der Waals surface area contributed by atoms with Crippen LogP contribution in [0.15, 0.2) is 24.3 Å². The van der Waals surface area contributed by atoms with Crippen LogP contribution in [0.4, 0.5) is 23.4 Å². The molecule has 0 saturated heterocycles. The first-order valence-electron chi connectivity index (χ1n) is 11.0. The van der Waals surface area contributed by atoms with Gasteiger partial charge in [-0.3, -0.25) is 4.79 Å². The van der Waals surface area contributed by atoms with Gasteiger partial charge in [-0.05, 0) is 36.5 Å². The van der Waals surface area contributed by atoms with Crippen LogP contribution in [0.25, 0.3) is 10.9 Å². The highest BCUT2D eigenvalue weighted by molar-refractivity contribution is 5.99. The number of ether oxygens (including phenoxy) is 2. The second-order valence-corrected chi connectivity index (χ2v) is 8.59. The van der Waals surface area contributed by atoms with Crippen molar-refractivity contribution in [2.45, 2.75) is 45.4 Å². The van der Waals surface area contributed by atoms with Gasteiger partial charge in [-0.15, -0.1) is 5.10 Å². The standard InChI is InChI=1S/C23H21F4N5O3/c24-17-6-18-13(15-9-34-10-16(15)22(28)29-18)5-14(17)23(33)32(7-11-1-2-11)8-12-3-4-19(31-30-12)35-21(27)20(25)26/h3-6,11,20-21H,1-2,7-10H2,(H2,28,29). The molecule has 1 aliphatic carbocycles. The van der Waals surface area contributed by atoms with Crippen LogP contribution < -0.4 is 10.5 Å². The molecular formula is C23H21F4N5O3. The molecule has 2 N–H and O–H groups in total. The van der Waals surface area contributed by atoms with Crippen molar-refractivity contribution < 1.29 is 31.8 Å². The summed E-state index contributed by atoms with van der Waals surface area (Å²) in [6.07, 6.45) is -4.25. The van der Waals surface area contributed by atoms with Crippen molar-refractivity contribution in [2.24, 2.45) is 5.92 Å². The molecule has 1 unspecified atom stereocenters.